The van der Waals surface area contributed by atoms with Crippen molar-refractivity contribution in [2.45, 2.75) is 44.2 Å². The lowest BCUT2D eigenvalue weighted by atomic mass is 9.63. The molecule has 24 heavy (non-hydrogen) atoms. The molecule has 3 atom stereocenters. The number of benzene rings is 1. The second-order valence-corrected chi connectivity index (χ2v) is 6.98. The normalized spacial score (nSPS) is 29.0. The first kappa shape index (κ1) is 17.2. The number of hydrogen-bond donors (Lipinski definition) is 0. The second kappa shape index (κ2) is 6.73. The topological polar surface area (TPSA) is 48.0 Å². The Kier molecular flexibility index (Phi) is 4.83. The zero-order valence-corrected chi connectivity index (χ0v) is 15.0. The van der Waals surface area contributed by atoms with Gasteiger partial charge in [-0.1, -0.05) is 13.0 Å². The van der Waals surface area contributed by atoms with Crippen LogP contribution < -0.4 is 4.74 Å². The highest BCUT2D eigenvalue weighted by Gasteiger charge is 2.51. The van der Waals surface area contributed by atoms with E-state index < -0.39 is 0 Å². The molecular weight excluding hydrogens is 306 g/mol. The lowest BCUT2D eigenvalue weighted by Gasteiger charge is -2.54. The van der Waals surface area contributed by atoms with Crippen LogP contribution in [0.1, 0.15) is 31.4 Å². The number of rotatable bonds is 5. The predicted molar refractivity (Wildman–Crippen MR) is 91.5 cm³/mol. The molecule has 1 heterocycles. The fraction of sp³-hybridized carbons (Fsp3) is 0.632. The third kappa shape index (κ3) is 2.91. The Hall–Kier alpha value is -1.59. The molecule has 132 valence electrons. The molecule has 0 N–H and O–H groups in total. The van der Waals surface area contributed by atoms with Gasteiger partial charge in [-0.2, -0.15) is 0 Å². The van der Waals surface area contributed by atoms with E-state index in [1.165, 1.54) is 11.1 Å². The van der Waals surface area contributed by atoms with Crippen molar-refractivity contribution in [3.05, 3.63) is 29.3 Å². The maximum atomic E-state index is 11.8. The van der Waals surface area contributed by atoms with Gasteiger partial charge in [-0.05, 0) is 56.6 Å². The van der Waals surface area contributed by atoms with E-state index in [1.54, 1.807) is 7.11 Å². The van der Waals surface area contributed by atoms with Gasteiger partial charge in [0.05, 0.1) is 19.8 Å². The van der Waals surface area contributed by atoms with Gasteiger partial charge < -0.3 is 19.1 Å². The summed E-state index contributed by atoms with van der Waals surface area (Å²) in [5.74, 6) is 0.578. The maximum Gasteiger partial charge on any atom is 0.332 e. The Morgan fingerprint density at radius 1 is 1.42 bits per heavy atom. The summed E-state index contributed by atoms with van der Waals surface area (Å²) in [6, 6.07) is 6.61. The molecule has 2 bridgehead atoms. The van der Waals surface area contributed by atoms with Gasteiger partial charge in [-0.15, -0.1) is 0 Å². The van der Waals surface area contributed by atoms with Crippen molar-refractivity contribution in [2.75, 3.05) is 33.9 Å². The highest BCUT2D eigenvalue weighted by atomic mass is 16.6. The standard InChI is InChI=1S/C19H27NO4/c1-5-23-17(21)12-24-18-16-10-13-6-7-14(22-4)11-15(13)19(18,2)8-9-20(16)3/h6-7,11,16,18H,5,8-10,12H2,1-4H3/t16?,18?,19-/m1/s1. The number of methoxy groups -OCH3 is 1. The summed E-state index contributed by atoms with van der Waals surface area (Å²) in [4.78, 5) is 14.1. The van der Waals surface area contributed by atoms with E-state index in [9.17, 15) is 4.79 Å². The van der Waals surface area contributed by atoms with Crippen LogP contribution in [-0.4, -0.2) is 56.9 Å². The van der Waals surface area contributed by atoms with Crippen LogP contribution in [0.5, 0.6) is 5.75 Å². The van der Waals surface area contributed by atoms with E-state index in [0.29, 0.717) is 6.61 Å². The largest absolute Gasteiger partial charge is 0.497 e. The Morgan fingerprint density at radius 3 is 2.92 bits per heavy atom. The third-order valence-corrected chi connectivity index (χ3v) is 5.57. The Morgan fingerprint density at radius 2 is 2.21 bits per heavy atom. The van der Waals surface area contributed by atoms with Crippen LogP contribution in [-0.2, 0) is 26.1 Å². The molecule has 0 radical (unpaired) electrons. The number of carbonyl (C=O) groups excluding carboxylic acids is 1. The van der Waals surface area contributed by atoms with Gasteiger partial charge in [0.15, 0.2) is 0 Å². The molecule has 1 aromatic rings. The number of fused-ring (bicyclic) bond motifs is 4. The van der Waals surface area contributed by atoms with Gasteiger partial charge in [0.1, 0.15) is 12.4 Å². The highest BCUT2D eigenvalue weighted by molar-refractivity contribution is 5.70. The smallest absolute Gasteiger partial charge is 0.332 e. The van der Waals surface area contributed by atoms with Gasteiger partial charge >= 0.3 is 5.97 Å². The van der Waals surface area contributed by atoms with Crippen LogP contribution in [0, 0.1) is 0 Å². The van der Waals surface area contributed by atoms with E-state index in [4.69, 9.17) is 14.2 Å². The number of nitrogens with zero attached hydrogens (tertiary/aromatic N) is 1. The predicted octanol–water partition coefficient (Wildman–Crippen LogP) is 2.16. The molecule has 5 nitrogen and oxygen atoms in total. The molecule has 2 aliphatic rings. The number of hydrogen-bond acceptors (Lipinski definition) is 5. The van der Waals surface area contributed by atoms with Crippen molar-refractivity contribution in [3.63, 3.8) is 0 Å². The molecular formula is C19H27NO4. The molecule has 2 unspecified atom stereocenters. The number of carbonyl (C=O) groups is 1. The van der Waals surface area contributed by atoms with Gasteiger partial charge in [0.2, 0.25) is 0 Å². The molecule has 5 heteroatoms. The summed E-state index contributed by atoms with van der Waals surface area (Å²) in [7, 11) is 3.83. The average Bonchev–Trinajstić information content (AvgIpc) is 2.57. The van der Waals surface area contributed by atoms with Crippen LogP contribution >= 0.6 is 0 Å². The van der Waals surface area contributed by atoms with Gasteiger partial charge in [0.25, 0.3) is 0 Å². The van der Waals surface area contributed by atoms with Crippen LogP contribution in [0.15, 0.2) is 18.2 Å². The van der Waals surface area contributed by atoms with Crippen LogP contribution in [0.2, 0.25) is 0 Å². The van der Waals surface area contributed by atoms with Crippen LogP contribution in [0.3, 0.4) is 0 Å². The number of likely N-dealkylation sites (N-methyl/N-ethyl adjacent to an activating group) is 1. The Labute approximate surface area is 143 Å². The molecule has 1 aliphatic heterocycles. The molecule has 1 aromatic carbocycles. The fourth-order valence-corrected chi connectivity index (χ4v) is 4.20. The minimum atomic E-state index is -0.293. The summed E-state index contributed by atoms with van der Waals surface area (Å²) in [6.45, 7) is 5.48. The van der Waals surface area contributed by atoms with Crippen molar-refractivity contribution >= 4 is 5.97 Å². The molecule has 1 fully saturated rings. The quantitative estimate of drug-likeness (QED) is 0.773. The molecule has 3 rings (SSSR count). The zero-order chi connectivity index (χ0) is 17.3. The lowest BCUT2D eigenvalue weighted by Crippen LogP contribution is -2.62. The summed E-state index contributed by atoms with van der Waals surface area (Å²) in [6.07, 6.45) is 1.90. The highest BCUT2D eigenvalue weighted by Crippen LogP contribution is 2.46. The summed E-state index contributed by atoms with van der Waals surface area (Å²) in [5, 5.41) is 0. The minimum Gasteiger partial charge on any atom is -0.497 e. The first-order valence-corrected chi connectivity index (χ1v) is 8.64. The van der Waals surface area contributed by atoms with Gasteiger partial charge in [-0.25, -0.2) is 4.79 Å². The molecule has 1 saturated heterocycles. The van der Waals surface area contributed by atoms with Gasteiger partial charge in [-0.3, -0.25) is 0 Å². The maximum absolute atomic E-state index is 11.8. The second-order valence-electron chi connectivity index (χ2n) is 6.98. The van der Waals surface area contributed by atoms with E-state index in [2.05, 4.69) is 31.0 Å². The summed E-state index contributed by atoms with van der Waals surface area (Å²) >= 11 is 0. The third-order valence-electron chi connectivity index (χ3n) is 5.57. The van der Waals surface area contributed by atoms with E-state index >= 15 is 0 Å². The lowest BCUT2D eigenvalue weighted by molar-refractivity contribution is -0.157. The number of piperidine rings is 1. The van der Waals surface area contributed by atoms with Crippen LogP contribution in [0.25, 0.3) is 0 Å². The number of ether oxygens (including phenoxy) is 3. The van der Waals surface area contributed by atoms with E-state index in [1.807, 2.05) is 13.0 Å². The molecule has 1 aliphatic carbocycles. The number of esters is 1. The summed E-state index contributed by atoms with van der Waals surface area (Å²) in [5.41, 5.74) is 2.53. The SMILES string of the molecule is CCOC(=O)COC1C2Cc3ccc(OC)cc3[C@@]1(C)CCN2C. The Balaban J connectivity index is 1.91. The fourth-order valence-electron chi connectivity index (χ4n) is 4.20. The molecule has 0 saturated carbocycles. The zero-order valence-electron chi connectivity index (χ0n) is 15.0. The van der Waals surface area contributed by atoms with Crippen molar-refractivity contribution in [1.82, 2.24) is 4.90 Å². The Bertz CT molecular complexity index is 617. The van der Waals surface area contributed by atoms with E-state index in [0.717, 1.165) is 25.1 Å². The molecule has 0 spiro atoms. The van der Waals surface area contributed by atoms with Crippen molar-refractivity contribution in [3.8, 4) is 5.75 Å². The van der Waals surface area contributed by atoms with Crippen molar-refractivity contribution in [1.29, 1.82) is 0 Å². The molecule has 0 aromatic heterocycles. The average molecular weight is 333 g/mol. The number of likely N-dealkylation sites (tertiary alicyclic amines) is 1. The monoisotopic (exact) mass is 333 g/mol. The van der Waals surface area contributed by atoms with Crippen molar-refractivity contribution < 1.29 is 19.0 Å². The first-order valence-electron chi connectivity index (χ1n) is 8.64. The minimum absolute atomic E-state index is 0.0116. The molecule has 0 amide bonds. The van der Waals surface area contributed by atoms with Crippen LogP contribution in [0.4, 0.5) is 0 Å². The van der Waals surface area contributed by atoms with Crippen molar-refractivity contribution in [2.24, 2.45) is 0 Å². The van der Waals surface area contributed by atoms with Gasteiger partial charge in [0, 0.05) is 11.5 Å². The summed E-state index contributed by atoms with van der Waals surface area (Å²) < 4.78 is 16.6. The first-order chi connectivity index (χ1) is 11.5. The van der Waals surface area contributed by atoms with E-state index in [-0.39, 0.29) is 30.1 Å².